The molecule has 4 rings (SSSR count). The van der Waals surface area contributed by atoms with Gasteiger partial charge in [0.05, 0.1) is 0 Å². The van der Waals surface area contributed by atoms with Gasteiger partial charge >= 0.3 is 0 Å². The van der Waals surface area contributed by atoms with Gasteiger partial charge in [-0.05, 0) is 73.1 Å². The molecule has 0 radical (unpaired) electrons. The van der Waals surface area contributed by atoms with E-state index in [1.54, 1.807) is 24.3 Å². The monoisotopic (exact) mass is 446 g/mol. The largest absolute Gasteiger partial charge is 0.339 e. The zero-order chi connectivity index (χ0) is 23.2. The summed E-state index contributed by atoms with van der Waals surface area (Å²) in [6, 6.07) is 14.7. The molecule has 2 amide bonds. The van der Waals surface area contributed by atoms with E-state index in [0.717, 1.165) is 29.5 Å². The minimum absolute atomic E-state index is 0.127. The first-order valence-electron chi connectivity index (χ1n) is 11.4. The van der Waals surface area contributed by atoms with Crippen LogP contribution in [0.1, 0.15) is 52.7 Å². The van der Waals surface area contributed by atoms with Crippen LogP contribution in [0.15, 0.2) is 48.5 Å². The van der Waals surface area contributed by atoms with Gasteiger partial charge in [0.25, 0.3) is 11.8 Å². The molecular formula is C26H30N4O3. The van der Waals surface area contributed by atoms with E-state index in [-0.39, 0.29) is 6.54 Å². The van der Waals surface area contributed by atoms with E-state index in [2.05, 4.69) is 34.6 Å². The minimum Gasteiger partial charge on any atom is -0.339 e. The maximum absolute atomic E-state index is 12.3. The van der Waals surface area contributed by atoms with Crippen molar-refractivity contribution >= 4 is 11.8 Å². The molecule has 7 nitrogen and oxygen atoms in total. The Hall–Kier alpha value is -3.18. The second kappa shape index (κ2) is 10.6. The molecule has 0 heterocycles. The first kappa shape index (κ1) is 23.0. The zero-order valence-electron chi connectivity index (χ0n) is 18.5. The van der Waals surface area contributed by atoms with E-state index >= 15 is 0 Å². The number of carbonyl (C=O) groups excluding carboxylic acids is 2. The van der Waals surface area contributed by atoms with Crippen LogP contribution < -0.4 is 21.8 Å². The number of hydrogen-bond donors (Lipinski definition) is 5. The zero-order valence-corrected chi connectivity index (χ0v) is 18.5. The van der Waals surface area contributed by atoms with Crippen LogP contribution in [0.25, 0.3) is 0 Å². The van der Waals surface area contributed by atoms with Crippen LogP contribution in [0, 0.1) is 23.7 Å². The second-order valence-electron chi connectivity index (χ2n) is 8.92. The Morgan fingerprint density at radius 3 is 2.21 bits per heavy atom. The first-order valence-corrected chi connectivity index (χ1v) is 11.4. The van der Waals surface area contributed by atoms with Crippen LogP contribution in [0.3, 0.4) is 0 Å². The first-order chi connectivity index (χ1) is 16.1. The Labute approximate surface area is 194 Å². The highest BCUT2D eigenvalue weighted by molar-refractivity contribution is 5.97. The lowest BCUT2D eigenvalue weighted by molar-refractivity contribution is -0.130. The van der Waals surface area contributed by atoms with Crippen molar-refractivity contribution < 1.29 is 14.8 Å². The molecule has 2 fully saturated rings. The van der Waals surface area contributed by atoms with Gasteiger partial charge in [-0.15, -0.1) is 0 Å². The highest BCUT2D eigenvalue weighted by Crippen LogP contribution is 2.44. The maximum Gasteiger partial charge on any atom is 0.267 e. The van der Waals surface area contributed by atoms with Crippen molar-refractivity contribution in [3.05, 3.63) is 70.8 Å². The predicted molar refractivity (Wildman–Crippen MR) is 125 cm³/mol. The molecule has 2 aromatic carbocycles. The maximum atomic E-state index is 12.3. The summed E-state index contributed by atoms with van der Waals surface area (Å²) in [4.78, 5) is 23.7. The molecule has 0 spiro atoms. The quantitative estimate of drug-likeness (QED) is 0.253. The number of fused-ring (bicyclic) bond motifs is 2. The SMILES string of the molecule is NC[C@H](NC(=O)c1ccc(C#Cc2ccc(CN[C@@H]3C[C@@H]4CC[C@@H]3C4)cc2)cc1)C(=O)NO. The van der Waals surface area contributed by atoms with Crippen LogP contribution in [0.2, 0.25) is 0 Å². The molecule has 33 heavy (non-hydrogen) atoms. The van der Waals surface area contributed by atoms with Crippen molar-refractivity contribution in [3.8, 4) is 11.8 Å². The third kappa shape index (κ3) is 5.79. The lowest BCUT2D eigenvalue weighted by Gasteiger charge is -2.23. The summed E-state index contributed by atoms with van der Waals surface area (Å²) < 4.78 is 0. The second-order valence-corrected chi connectivity index (χ2v) is 8.92. The summed E-state index contributed by atoms with van der Waals surface area (Å²) in [6.07, 6.45) is 5.55. The number of carbonyl (C=O) groups is 2. The van der Waals surface area contributed by atoms with Gasteiger partial charge in [-0.25, -0.2) is 5.48 Å². The average Bonchev–Trinajstić information content (AvgIpc) is 3.48. The highest BCUT2D eigenvalue weighted by atomic mass is 16.5. The highest BCUT2D eigenvalue weighted by Gasteiger charge is 2.38. The molecular weight excluding hydrogens is 416 g/mol. The number of hydrogen-bond acceptors (Lipinski definition) is 5. The molecule has 2 saturated carbocycles. The fourth-order valence-corrected chi connectivity index (χ4v) is 4.85. The summed E-state index contributed by atoms with van der Waals surface area (Å²) >= 11 is 0. The molecule has 2 aromatic rings. The molecule has 0 aliphatic heterocycles. The van der Waals surface area contributed by atoms with Gasteiger partial charge < -0.3 is 16.4 Å². The minimum atomic E-state index is -1.01. The fraction of sp³-hybridized carbons (Fsp3) is 0.385. The molecule has 172 valence electrons. The smallest absolute Gasteiger partial charge is 0.267 e. The van der Waals surface area contributed by atoms with E-state index in [1.165, 1.54) is 36.7 Å². The number of benzene rings is 2. The molecule has 2 bridgehead atoms. The summed E-state index contributed by atoms with van der Waals surface area (Å²) in [7, 11) is 0. The van der Waals surface area contributed by atoms with Gasteiger partial charge in [0.15, 0.2) is 0 Å². The van der Waals surface area contributed by atoms with Crippen molar-refractivity contribution in [2.24, 2.45) is 17.6 Å². The van der Waals surface area contributed by atoms with E-state index in [9.17, 15) is 9.59 Å². The Morgan fingerprint density at radius 2 is 1.67 bits per heavy atom. The number of nitrogens with one attached hydrogen (secondary N) is 3. The third-order valence-electron chi connectivity index (χ3n) is 6.73. The van der Waals surface area contributed by atoms with Gasteiger partial charge in [0, 0.05) is 35.8 Å². The van der Waals surface area contributed by atoms with Crippen molar-refractivity contribution in [3.63, 3.8) is 0 Å². The predicted octanol–water partition coefficient (Wildman–Crippen LogP) is 1.93. The lowest BCUT2D eigenvalue weighted by atomic mass is 9.95. The van der Waals surface area contributed by atoms with Gasteiger partial charge in [-0.1, -0.05) is 30.4 Å². The van der Waals surface area contributed by atoms with Gasteiger partial charge in [-0.2, -0.15) is 0 Å². The molecule has 0 aromatic heterocycles. The molecule has 4 atom stereocenters. The summed E-state index contributed by atoms with van der Waals surface area (Å²) in [6.45, 7) is 0.772. The third-order valence-corrected chi connectivity index (χ3v) is 6.73. The fourth-order valence-electron chi connectivity index (χ4n) is 4.85. The van der Waals surface area contributed by atoms with Crippen LogP contribution in [-0.2, 0) is 11.3 Å². The van der Waals surface area contributed by atoms with Crippen LogP contribution in [-0.4, -0.2) is 35.7 Å². The van der Waals surface area contributed by atoms with Crippen molar-refractivity contribution in [2.75, 3.05) is 6.54 Å². The molecule has 7 heteroatoms. The molecule has 2 aliphatic rings. The van der Waals surface area contributed by atoms with Gasteiger partial charge in [-0.3, -0.25) is 14.8 Å². The Bertz CT molecular complexity index is 1040. The normalized spacial score (nSPS) is 21.7. The van der Waals surface area contributed by atoms with E-state index in [0.29, 0.717) is 11.6 Å². The molecule has 6 N–H and O–H groups in total. The Morgan fingerprint density at radius 1 is 1.00 bits per heavy atom. The van der Waals surface area contributed by atoms with Gasteiger partial charge in [0.1, 0.15) is 6.04 Å². The molecule has 2 aliphatic carbocycles. The number of nitrogens with two attached hydrogens (primary N) is 1. The lowest BCUT2D eigenvalue weighted by Crippen LogP contribution is -2.50. The molecule has 0 unspecified atom stereocenters. The number of hydroxylamine groups is 1. The summed E-state index contributed by atoms with van der Waals surface area (Å²) in [5, 5.41) is 14.9. The van der Waals surface area contributed by atoms with Crippen LogP contribution in [0.5, 0.6) is 0 Å². The van der Waals surface area contributed by atoms with E-state index in [4.69, 9.17) is 10.9 Å². The summed E-state index contributed by atoms with van der Waals surface area (Å²) in [5.41, 5.74) is 10.3. The van der Waals surface area contributed by atoms with E-state index in [1.807, 2.05) is 12.1 Å². The number of rotatable bonds is 7. The van der Waals surface area contributed by atoms with Crippen molar-refractivity contribution in [1.29, 1.82) is 0 Å². The Balaban J connectivity index is 1.29. The number of amides is 2. The van der Waals surface area contributed by atoms with Crippen molar-refractivity contribution in [2.45, 2.75) is 44.3 Å². The Kier molecular flexibility index (Phi) is 7.40. The van der Waals surface area contributed by atoms with Crippen molar-refractivity contribution in [1.82, 2.24) is 16.1 Å². The van der Waals surface area contributed by atoms with Gasteiger partial charge in [0.2, 0.25) is 0 Å². The topological polar surface area (TPSA) is 116 Å². The molecule has 0 saturated heterocycles. The van der Waals surface area contributed by atoms with E-state index < -0.39 is 17.9 Å². The van der Waals surface area contributed by atoms with Crippen LogP contribution in [0.4, 0.5) is 0 Å². The average molecular weight is 447 g/mol. The standard InChI is InChI=1S/C26H30N4O3/c27-15-24(26(32)30-33)29-25(31)21-10-7-18(8-11-21)2-1-17-3-5-19(6-4-17)16-28-23-14-20-9-12-22(23)13-20/h3-8,10-11,20,22-24,28,33H,9,12-16,27H2,(H,29,31)(H,30,32)/t20-,22-,23-,24+/m1/s1. The summed E-state index contributed by atoms with van der Waals surface area (Å²) in [5.74, 6) is 6.86. The van der Waals surface area contributed by atoms with Crippen LogP contribution >= 0.6 is 0 Å².